The summed E-state index contributed by atoms with van der Waals surface area (Å²) in [6.07, 6.45) is 11.5. The zero-order valence-corrected chi connectivity index (χ0v) is 26.6. The van der Waals surface area contributed by atoms with Crippen molar-refractivity contribution in [1.29, 1.82) is 0 Å². The number of hydrogen-bond donors (Lipinski definition) is 2. The number of carbonyl (C=O) groups excluding carboxylic acids is 2. The van der Waals surface area contributed by atoms with Crippen molar-refractivity contribution in [2.24, 2.45) is 10.2 Å². The zero-order chi connectivity index (χ0) is 29.0. The molecule has 0 heterocycles. The lowest BCUT2D eigenvalue weighted by Gasteiger charge is -2.08. The fraction of sp³-hybridized carbons (Fsp3) is 0.467. The molecule has 0 saturated carbocycles. The largest absolute Gasteiger partial charge is 0.493 e. The van der Waals surface area contributed by atoms with E-state index in [9.17, 15) is 9.59 Å². The van der Waals surface area contributed by atoms with Gasteiger partial charge in [-0.25, -0.2) is 10.9 Å². The Morgan fingerprint density at radius 3 is 1.50 bits per heavy atom. The molecule has 0 spiro atoms. The highest BCUT2D eigenvalue weighted by molar-refractivity contribution is 9.10. The third-order valence-electron chi connectivity index (χ3n) is 5.71. The van der Waals surface area contributed by atoms with Crippen molar-refractivity contribution < 1.29 is 19.1 Å². The molecule has 2 N–H and O–H groups in total. The van der Waals surface area contributed by atoms with Gasteiger partial charge in [0.1, 0.15) is 11.5 Å². The van der Waals surface area contributed by atoms with Gasteiger partial charge in [-0.2, -0.15) is 10.2 Å². The van der Waals surface area contributed by atoms with E-state index in [-0.39, 0.29) is 11.8 Å². The van der Waals surface area contributed by atoms with E-state index in [1.807, 2.05) is 36.4 Å². The number of unbranched alkanes of at least 4 members (excludes halogenated alkanes) is 5. The van der Waals surface area contributed by atoms with Crippen LogP contribution in [0.15, 0.2) is 55.5 Å². The summed E-state index contributed by atoms with van der Waals surface area (Å²) in [4.78, 5) is 24.2. The molecule has 8 nitrogen and oxygen atoms in total. The average molecular weight is 680 g/mol. The van der Waals surface area contributed by atoms with Crippen LogP contribution in [0.25, 0.3) is 0 Å². The summed E-state index contributed by atoms with van der Waals surface area (Å²) >= 11 is 6.90. The molecular weight excluding hydrogens is 640 g/mol. The first-order valence-electron chi connectivity index (χ1n) is 13.9. The van der Waals surface area contributed by atoms with Gasteiger partial charge in [-0.1, -0.05) is 71.4 Å². The minimum atomic E-state index is -0.105. The minimum Gasteiger partial charge on any atom is -0.493 e. The second kappa shape index (κ2) is 20.2. The van der Waals surface area contributed by atoms with E-state index < -0.39 is 0 Å². The lowest BCUT2D eigenvalue weighted by atomic mass is 10.1. The molecule has 0 aliphatic carbocycles. The van der Waals surface area contributed by atoms with Gasteiger partial charge in [-0.3, -0.25) is 9.59 Å². The van der Waals surface area contributed by atoms with Crippen LogP contribution in [0.3, 0.4) is 0 Å². The number of carbonyl (C=O) groups is 2. The van der Waals surface area contributed by atoms with Crippen molar-refractivity contribution in [1.82, 2.24) is 10.9 Å². The van der Waals surface area contributed by atoms with Gasteiger partial charge in [0.05, 0.1) is 25.6 Å². The molecule has 0 bridgehead atoms. The number of halogens is 2. The van der Waals surface area contributed by atoms with Gasteiger partial charge in [-0.15, -0.1) is 0 Å². The van der Waals surface area contributed by atoms with Crippen LogP contribution in [-0.2, 0) is 9.59 Å². The monoisotopic (exact) mass is 678 g/mol. The van der Waals surface area contributed by atoms with E-state index in [1.54, 1.807) is 12.4 Å². The smallest absolute Gasteiger partial charge is 0.240 e. The first kappa shape index (κ1) is 33.5. The Labute approximate surface area is 254 Å². The highest BCUT2D eigenvalue weighted by atomic mass is 79.9. The lowest BCUT2D eigenvalue weighted by Crippen LogP contribution is -2.17. The molecular formula is C30H40Br2N4O4. The van der Waals surface area contributed by atoms with E-state index in [0.717, 1.165) is 82.9 Å². The molecule has 0 aliphatic heterocycles. The zero-order valence-electron chi connectivity index (χ0n) is 23.4. The molecule has 218 valence electrons. The third kappa shape index (κ3) is 14.1. The number of rotatable bonds is 19. The quantitative estimate of drug-likeness (QED) is 0.0912. The summed E-state index contributed by atoms with van der Waals surface area (Å²) in [5.41, 5.74) is 6.80. The Hall–Kier alpha value is -2.72. The summed E-state index contributed by atoms with van der Waals surface area (Å²) in [5, 5.41) is 8.17. The molecule has 2 aromatic rings. The van der Waals surface area contributed by atoms with E-state index in [1.165, 1.54) is 0 Å². The van der Waals surface area contributed by atoms with Crippen molar-refractivity contribution in [2.75, 3.05) is 13.2 Å². The maximum atomic E-state index is 12.1. The maximum absolute atomic E-state index is 12.1. The van der Waals surface area contributed by atoms with Crippen molar-refractivity contribution in [3.63, 3.8) is 0 Å². The van der Waals surface area contributed by atoms with Gasteiger partial charge in [0.25, 0.3) is 0 Å². The summed E-state index contributed by atoms with van der Waals surface area (Å²) in [5.74, 6) is 1.26. The molecule has 0 radical (unpaired) electrons. The number of benzene rings is 2. The number of ether oxygens (including phenoxy) is 2. The number of hydrogen-bond acceptors (Lipinski definition) is 6. The summed E-state index contributed by atoms with van der Waals surface area (Å²) in [6.45, 7) is 5.35. The minimum absolute atomic E-state index is 0.105. The average Bonchev–Trinajstić information content (AvgIpc) is 2.93. The van der Waals surface area contributed by atoms with Crippen LogP contribution in [0.4, 0.5) is 0 Å². The van der Waals surface area contributed by atoms with Gasteiger partial charge in [-0.05, 0) is 62.1 Å². The lowest BCUT2D eigenvalue weighted by molar-refractivity contribution is -0.122. The van der Waals surface area contributed by atoms with E-state index >= 15 is 0 Å². The summed E-state index contributed by atoms with van der Waals surface area (Å²) < 4.78 is 13.3. The van der Waals surface area contributed by atoms with Gasteiger partial charge >= 0.3 is 0 Å². The molecule has 0 fully saturated rings. The van der Waals surface area contributed by atoms with Crippen molar-refractivity contribution in [3.05, 3.63) is 56.5 Å². The number of hydrazone groups is 2. The van der Waals surface area contributed by atoms with Crippen LogP contribution >= 0.6 is 31.9 Å². The van der Waals surface area contributed by atoms with Crippen LogP contribution in [0, 0.1) is 0 Å². The van der Waals surface area contributed by atoms with Crippen molar-refractivity contribution >= 4 is 56.1 Å². The molecule has 2 amide bonds. The molecule has 2 aromatic carbocycles. The van der Waals surface area contributed by atoms with Gasteiger partial charge in [0, 0.05) is 32.9 Å². The Morgan fingerprint density at radius 2 is 1.10 bits per heavy atom. The molecule has 10 heteroatoms. The van der Waals surface area contributed by atoms with Crippen LogP contribution in [0.1, 0.15) is 89.2 Å². The van der Waals surface area contributed by atoms with E-state index in [4.69, 9.17) is 9.47 Å². The molecule has 40 heavy (non-hydrogen) atoms. The van der Waals surface area contributed by atoms with Gasteiger partial charge < -0.3 is 9.47 Å². The molecule has 0 atom stereocenters. The van der Waals surface area contributed by atoms with Crippen LogP contribution < -0.4 is 20.3 Å². The van der Waals surface area contributed by atoms with Crippen LogP contribution in [0.2, 0.25) is 0 Å². The number of amides is 2. The normalized spacial score (nSPS) is 11.2. The standard InChI is InChI=1S/C30H40Br2N4O4/c1-3-17-39-27-15-13-25(31)19-23(27)21-33-35-29(37)11-9-7-5-6-8-10-12-30(38)36-34-22-24-20-26(32)14-16-28(24)40-18-4-2/h13-16,19-22H,3-12,17-18H2,1-2H3,(H,35,37)(H,36,38)/b33-21-,34-22-. The van der Waals surface area contributed by atoms with E-state index in [2.05, 4.69) is 66.8 Å². The predicted octanol–water partition coefficient (Wildman–Crippen LogP) is 7.51. The third-order valence-corrected chi connectivity index (χ3v) is 6.70. The Bertz CT molecular complexity index is 1040. The maximum Gasteiger partial charge on any atom is 0.240 e. The summed E-state index contributed by atoms with van der Waals surface area (Å²) in [6, 6.07) is 11.4. The second-order valence-corrected chi connectivity index (χ2v) is 11.1. The fourth-order valence-electron chi connectivity index (χ4n) is 3.66. The summed E-state index contributed by atoms with van der Waals surface area (Å²) in [7, 11) is 0. The van der Waals surface area contributed by atoms with Crippen LogP contribution in [0.5, 0.6) is 11.5 Å². The molecule has 0 aliphatic rings. The number of nitrogens with one attached hydrogen (secondary N) is 2. The molecule has 0 unspecified atom stereocenters. The molecule has 0 saturated heterocycles. The Kier molecular flexibility index (Phi) is 16.9. The Morgan fingerprint density at radius 1 is 0.700 bits per heavy atom. The second-order valence-electron chi connectivity index (χ2n) is 9.27. The van der Waals surface area contributed by atoms with Crippen LogP contribution in [-0.4, -0.2) is 37.5 Å². The SMILES string of the molecule is CCCOc1ccc(Br)cc1/C=N\NC(=O)CCCCCCCCC(=O)N/N=C\c1cc(Br)ccc1OCCC. The van der Waals surface area contributed by atoms with Gasteiger partial charge in [0.15, 0.2) is 0 Å². The number of nitrogens with zero attached hydrogens (tertiary/aromatic N) is 2. The predicted molar refractivity (Wildman–Crippen MR) is 168 cm³/mol. The highest BCUT2D eigenvalue weighted by Gasteiger charge is 2.05. The topological polar surface area (TPSA) is 101 Å². The Balaban J connectivity index is 1.55. The molecule has 2 rings (SSSR count). The fourth-order valence-corrected chi connectivity index (χ4v) is 4.42. The van der Waals surface area contributed by atoms with Crippen molar-refractivity contribution in [3.8, 4) is 11.5 Å². The first-order chi connectivity index (χ1) is 19.4. The molecule has 0 aromatic heterocycles. The van der Waals surface area contributed by atoms with Crippen molar-refractivity contribution in [2.45, 2.75) is 78.1 Å². The first-order valence-corrected chi connectivity index (χ1v) is 15.5. The van der Waals surface area contributed by atoms with E-state index in [0.29, 0.717) is 26.1 Å². The highest BCUT2D eigenvalue weighted by Crippen LogP contribution is 2.23. The van der Waals surface area contributed by atoms with Gasteiger partial charge in [0.2, 0.25) is 11.8 Å².